The Morgan fingerprint density at radius 3 is 2.28 bits per heavy atom. The van der Waals surface area contributed by atoms with Gasteiger partial charge in [0.05, 0.1) is 23.6 Å². The molecule has 0 aromatic heterocycles. The van der Waals surface area contributed by atoms with E-state index in [0.29, 0.717) is 11.6 Å². The number of carbonyl (C=O) groups excluding carboxylic acids is 1. The summed E-state index contributed by atoms with van der Waals surface area (Å²) in [6.07, 6.45) is 0. The second kappa shape index (κ2) is 6.04. The summed E-state index contributed by atoms with van der Waals surface area (Å²) < 4.78 is 24.4. The van der Waals surface area contributed by atoms with E-state index >= 15 is 0 Å². The smallest absolute Gasteiger partial charge is 0.314 e. The van der Waals surface area contributed by atoms with Crippen LogP contribution in [0.3, 0.4) is 0 Å². The molecular weight excluding hydrogens is 360 g/mol. The molecule has 2 amide bonds. The molecule has 7 heteroatoms. The van der Waals surface area contributed by atoms with Gasteiger partial charge in [-0.15, -0.1) is 0 Å². The van der Waals surface area contributed by atoms with Crippen LogP contribution >= 0.6 is 11.6 Å². The van der Waals surface area contributed by atoms with Gasteiger partial charge >= 0.3 is 6.03 Å². The van der Waals surface area contributed by atoms with Crippen LogP contribution in [0, 0.1) is 0 Å². The highest BCUT2D eigenvalue weighted by molar-refractivity contribution is 7.91. The number of fused-ring (bicyclic) bond motifs is 1. The van der Waals surface area contributed by atoms with Gasteiger partial charge in [0.25, 0.3) is 0 Å². The van der Waals surface area contributed by atoms with Crippen molar-refractivity contribution in [3.8, 4) is 0 Å². The molecule has 2 aromatic carbocycles. The van der Waals surface area contributed by atoms with E-state index in [2.05, 4.69) is 0 Å². The number of rotatable bonds is 3. The van der Waals surface area contributed by atoms with Crippen molar-refractivity contribution >= 4 is 33.2 Å². The predicted octanol–water partition coefficient (Wildman–Crippen LogP) is 2.95. The maximum atomic E-state index is 13.0. The number of hydrogen-bond donors (Lipinski definition) is 0. The fourth-order valence-electron chi connectivity index (χ4n) is 3.64. The molecule has 2 aliphatic heterocycles. The van der Waals surface area contributed by atoms with E-state index in [0.717, 1.165) is 11.3 Å². The molecule has 0 saturated carbocycles. The Labute approximate surface area is 151 Å². The van der Waals surface area contributed by atoms with Crippen molar-refractivity contribution in [1.82, 2.24) is 4.90 Å². The van der Waals surface area contributed by atoms with Crippen LogP contribution < -0.4 is 4.90 Å². The van der Waals surface area contributed by atoms with Crippen LogP contribution in [0.15, 0.2) is 54.6 Å². The average molecular weight is 377 g/mol. The van der Waals surface area contributed by atoms with Gasteiger partial charge in [0.2, 0.25) is 0 Å². The number of hydrogen-bond acceptors (Lipinski definition) is 3. The minimum absolute atomic E-state index is 0.00934. The molecule has 0 spiro atoms. The van der Waals surface area contributed by atoms with Gasteiger partial charge in [-0.3, -0.25) is 4.90 Å². The van der Waals surface area contributed by atoms with Gasteiger partial charge in [-0.1, -0.05) is 41.9 Å². The lowest BCUT2D eigenvalue weighted by molar-refractivity contribution is 0.206. The largest absolute Gasteiger partial charge is 0.325 e. The summed E-state index contributed by atoms with van der Waals surface area (Å²) in [5, 5.41) is 0.628. The number of carbonyl (C=O) groups is 1. The van der Waals surface area contributed by atoms with Gasteiger partial charge in [0, 0.05) is 17.3 Å². The monoisotopic (exact) mass is 376 g/mol. The van der Waals surface area contributed by atoms with E-state index < -0.39 is 9.84 Å². The van der Waals surface area contributed by atoms with Crippen molar-refractivity contribution in [3.63, 3.8) is 0 Å². The normalized spacial score (nSPS) is 24.6. The average Bonchev–Trinajstić information content (AvgIpc) is 3.01. The summed E-state index contributed by atoms with van der Waals surface area (Å²) in [6, 6.07) is 15.7. The Morgan fingerprint density at radius 2 is 1.60 bits per heavy atom. The van der Waals surface area contributed by atoms with Crippen molar-refractivity contribution in [2.24, 2.45) is 0 Å². The Morgan fingerprint density at radius 1 is 0.960 bits per heavy atom. The zero-order chi connectivity index (χ0) is 17.6. The van der Waals surface area contributed by atoms with Crippen LogP contribution in [-0.2, 0) is 16.4 Å². The van der Waals surface area contributed by atoms with Gasteiger partial charge in [-0.25, -0.2) is 13.2 Å². The first-order valence-electron chi connectivity index (χ1n) is 8.04. The molecule has 0 unspecified atom stereocenters. The molecule has 2 atom stereocenters. The first-order valence-corrected chi connectivity index (χ1v) is 10.2. The number of anilines is 1. The molecule has 130 valence electrons. The molecule has 2 heterocycles. The zero-order valence-corrected chi connectivity index (χ0v) is 14.9. The van der Waals surface area contributed by atoms with Gasteiger partial charge in [-0.05, 0) is 29.8 Å². The molecule has 5 nitrogen and oxygen atoms in total. The van der Waals surface area contributed by atoms with Gasteiger partial charge < -0.3 is 4.90 Å². The van der Waals surface area contributed by atoms with Crippen LogP contribution in [0.4, 0.5) is 10.5 Å². The SMILES string of the molecule is O=C1N(Cc2ccc(Cl)cc2)[C@H]2CS(=O)(=O)C[C@H]2N1c1ccccc1. The number of amides is 2. The summed E-state index contributed by atoms with van der Waals surface area (Å²) in [5.74, 6) is 0.0236. The van der Waals surface area contributed by atoms with Gasteiger partial charge in [0.15, 0.2) is 9.84 Å². The molecule has 0 aliphatic carbocycles. The summed E-state index contributed by atoms with van der Waals surface area (Å²) in [4.78, 5) is 16.3. The molecule has 2 aliphatic rings. The van der Waals surface area contributed by atoms with Crippen molar-refractivity contribution in [2.45, 2.75) is 18.6 Å². The molecule has 2 saturated heterocycles. The number of nitrogens with zero attached hydrogens (tertiary/aromatic N) is 2. The van der Waals surface area contributed by atoms with E-state index in [1.807, 2.05) is 42.5 Å². The summed E-state index contributed by atoms with van der Waals surface area (Å²) in [5.41, 5.74) is 1.66. The van der Waals surface area contributed by atoms with Gasteiger partial charge in [0.1, 0.15) is 0 Å². The molecule has 2 aromatic rings. The zero-order valence-electron chi connectivity index (χ0n) is 13.4. The van der Waals surface area contributed by atoms with Crippen LogP contribution in [0.25, 0.3) is 0 Å². The number of urea groups is 1. The van der Waals surface area contributed by atoms with Crippen LogP contribution in [-0.4, -0.2) is 42.9 Å². The minimum Gasteiger partial charge on any atom is -0.314 e. The topological polar surface area (TPSA) is 57.7 Å². The van der Waals surface area contributed by atoms with Crippen LogP contribution in [0.5, 0.6) is 0 Å². The Bertz CT molecular complexity index is 900. The van der Waals surface area contributed by atoms with Crippen LogP contribution in [0.1, 0.15) is 5.56 Å². The summed E-state index contributed by atoms with van der Waals surface area (Å²) in [7, 11) is -3.16. The van der Waals surface area contributed by atoms with E-state index in [1.54, 1.807) is 21.9 Å². The third kappa shape index (κ3) is 3.00. The lowest BCUT2D eigenvalue weighted by Gasteiger charge is -2.22. The fraction of sp³-hybridized carbons (Fsp3) is 0.278. The summed E-state index contributed by atoms with van der Waals surface area (Å²) >= 11 is 5.92. The highest BCUT2D eigenvalue weighted by atomic mass is 35.5. The predicted molar refractivity (Wildman–Crippen MR) is 97.5 cm³/mol. The third-order valence-corrected chi connectivity index (χ3v) is 6.73. The van der Waals surface area contributed by atoms with Gasteiger partial charge in [-0.2, -0.15) is 0 Å². The van der Waals surface area contributed by atoms with E-state index in [1.165, 1.54) is 0 Å². The Kier molecular flexibility index (Phi) is 3.96. The highest BCUT2D eigenvalue weighted by Gasteiger charge is 2.53. The number of sulfone groups is 1. The molecule has 2 fully saturated rings. The Hall–Kier alpha value is -2.05. The second-order valence-corrected chi connectivity index (χ2v) is 9.04. The van der Waals surface area contributed by atoms with E-state index in [9.17, 15) is 13.2 Å². The molecule has 0 bridgehead atoms. The number of halogens is 1. The number of benzene rings is 2. The minimum atomic E-state index is -3.16. The third-order valence-electron chi connectivity index (χ3n) is 4.78. The highest BCUT2D eigenvalue weighted by Crippen LogP contribution is 2.35. The lowest BCUT2D eigenvalue weighted by atomic mass is 10.1. The molecular formula is C18H17ClN2O3S. The van der Waals surface area contributed by atoms with E-state index in [-0.39, 0.29) is 29.6 Å². The second-order valence-electron chi connectivity index (χ2n) is 6.45. The quantitative estimate of drug-likeness (QED) is 0.774. The lowest BCUT2D eigenvalue weighted by Crippen LogP contribution is -2.37. The standard InChI is InChI=1S/C18H17ClN2O3S/c19-14-8-6-13(7-9-14)10-20-16-11-25(23,24)12-17(16)21(18(20)22)15-4-2-1-3-5-15/h1-9,16-17H,10-12H2/t16-,17+/m0/s1. The maximum absolute atomic E-state index is 13.0. The fourth-order valence-corrected chi connectivity index (χ4v) is 5.71. The first kappa shape index (κ1) is 16.4. The number of para-hydroxylation sites is 1. The van der Waals surface area contributed by atoms with E-state index in [4.69, 9.17) is 11.6 Å². The summed E-state index contributed by atoms with van der Waals surface area (Å²) in [6.45, 7) is 0.371. The van der Waals surface area contributed by atoms with Crippen molar-refractivity contribution < 1.29 is 13.2 Å². The Balaban J connectivity index is 1.69. The van der Waals surface area contributed by atoms with Crippen molar-refractivity contribution in [1.29, 1.82) is 0 Å². The first-order chi connectivity index (χ1) is 11.9. The van der Waals surface area contributed by atoms with Crippen molar-refractivity contribution in [3.05, 3.63) is 65.2 Å². The van der Waals surface area contributed by atoms with Crippen molar-refractivity contribution in [2.75, 3.05) is 16.4 Å². The van der Waals surface area contributed by atoms with Crippen LogP contribution in [0.2, 0.25) is 5.02 Å². The molecule has 0 radical (unpaired) electrons. The molecule has 25 heavy (non-hydrogen) atoms. The molecule has 4 rings (SSSR count). The maximum Gasteiger partial charge on any atom is 0.325 e. The molecule has 0 N–H and O–H groups in total.